The van der Waals surface area contributed by atoms with E-state index in [9.17, 15) is 9.59 Å². The van der Waals surface area contributed by atoms with E-state index >= 15 is 0 Å². The average Bonchev–Trinajstić information content (AvgIpc) is 3.71. The molecular formula is C34H41BrClN7O2. The fourth-order valence-corrected chi connectivity index (χ4v) is 8.50. The van der Waals surface area contributed by atoms with Gasteiger partial charge in [-0.3, -0.25) is 14.7 Å². The largest absolute Gasteiger partial charge is 0.336 e. The molecule has 3 aromatic rings. The molecule has 0 radical (unpaired) electrons. The summed E-state index contributed by atoms with van der Waals surface area (Å²) in [5.74, 6) is 0.0371. The van der Waals surface area contributed by atoms with E-state index in [1.807, 2.05) is 39.2 Å². The Labute approximate surface area is 278 Å². The molecule has 4 heterocycles. The van der Waals surface area contributed by atoms with Crippen molar-refractivity contribution in [3.63, 3.8) is 0 Å². The zero-order valence-corrected chi connectivity index (χ0v) is 27.9. The molecule has 3 amide bonds. The van der Waals surface area contributed by atoms with Gasteiger partial charge in [-0.2, -0.15) is 0 Å². The summed E-state index contributed by atoms with van der Waals surface area (Å²) in [6.07, 6.45) is 16.5. The predicted octanol–water partition coefficient (Wildman–Crippen LogP) is 5.60. The highest BCUT2D eigenvalue weighted by Crippen LogP contribution is 2.39. The lowest BCUT2D eigenvalue weighted by molar-refractivity contribution is -0.139. The van der Waals surface area contributed by atoms with Gasteiger partial charge in [0.05, 0.1) is 18.1 Å². The van der Waals surface area contributed by atoms with Crippen molar-refractivity contribution in [1.29, 1.82) is 0 Å². The number of nitrogens with one attached hydrogen (secondary N) is 1. The van der Waals surface area contributed by atoms with Gasteiger partial charge in [-0.15, -0.1) is 0 Å². The first-order valence-electron chi connectivity index (χ1n) is 16.4. The van der Waals surface area contributed by atoms with Crippen LogP contribution in [0.1, 0.15) is 73.4 Å². The molecule has 2 aliphatic heterocycles. The molecule has 3 fully saturated rings. The first-order valence-corrected chi connectivity index (χ1v) is 17.6. The van der Waals surface area contributed by atoms with Gasteiger partial charge in [-0.1, -0.05) is 36.9 Å². The Hall–Kier alpha value is -2.95. The standard InChI is InChI=1S/C34H41BrClN7O2/c35-25-17-24-9-8-23-18-26(36)10-11-29(23)32(31(24)38-19-25)41-15-16-43(34(45)39-27-5-2-1-3-6-27)30(21-41)33(44)42-13-4-7-28(42)20-40-14-12-37-22-40/h10-12,14,17-19,22,27-28,30,32H,1-9,13,15-16,20-21H2,(H,39,45)/t28-,30+,32?/m0/s1. The molecule has 238 valence electrons. The van der Waals surface area contributed by atoms with Crippen LogP contribution in [-0.4, -0.2) is 85.5 Å². The summed E-state index contributed by atoms with van der Waals surface area (Å²) < 4.78 is 3.00. The van der Waals surface area contributed by atoms with Gasteiger partial charge < -0.3 is 19.7 Å². The van der Waals surface area contributed by atoms with Crippen LogP contribution >= 0.6 is 27.5 Å². The Bertz CT molecular complexity index is 1480. The molecule has 2 aromatic heterocycles. The molecule has 1 saturated carbocycles. The minimum atomic E-state index is -0.594. The first kappa shape index (κ1) is 30.7. The number of fused-ring (bicyclic) bond motifs is 2. The van der Waals surface area contributed by atoms with E-state index in [2.05, 4.69) is 49.3 Å². The van der Waals surface area contributed by atoms with Crippen LogP contribution in [0.3, 0.4) is 0 Å². The number of aromatic nitrogens is 3. The fraction of sp³-hybridized carbons (Fsp3) is 0.529. The Morgan fingerprint density at radius 3 is 2.64 bits per heavy atom. The molecule has 4 aliphatic rings. The van der Waals surface area contributed by atoms with Crippen molar-refractivity contribution in [1.82, 2.24) is 34.6 Å². The normalized spacial score (nSPS) is 24.2. The van der Waals surface area contributed by atoms with Crippen molar-refractivity contribution in [3.05, 3.63) is 81.1 Å². The minimum Gasteiger partial charge on any atom is -0.336 e. The molecule has 11 heteroatoms. The Morgan fingerprint density at radius 2 is 1.82 bits per heavy atom. The maximum atomic E-state index is 14.6. The maximum Gasteiger partial charge on any atom is 0.318 e. The number of carbonyl (C=O) groups excluding carboxylic acids is 2. The van der Waals surface area contributed by atoms with Crippen LogP contribution < -0.4 is 5.32 Å². The molecule has 7 rings (SSSR count). The lowest BCUT2D eigenvalue weighted by Crippen LogP contribution is -2.64. The van der Waals surface area contributed by atoms with Gasteiger partial charge in [0.25, 0.3) is 0 Å². The number of urea groups is 1. The third-order valence-electron chi connectivity index (χ3n) is 10.2. The van der Waals surface area contributed by atoms with Crippen molar-refractivity contribution >= 4 is 39.5 Å². The number of rotatable bonds is 5. The lowest BCUT2D eigenvalue weighted by Gasteiger charge is -2.45. The highest BCUT2D eigenvalue weighted by molar-refractivity contribution is 9.10. The van der Waals surface area contributed by atoms with E-state index in [-0.39, 0.29) is 30.1 Å². The number of carbonyl (C=O) groups is 2. The summed E-state index contributed by atoms with van der Waals surface area (Å²) in [6, 6.07) is 7.74. The number of benzene rings is 1. The van der Waals surface area contributed by atoms with Crippen molar-refractivity contribution in [3.8, 4) is 0 Å². The second kappa shape index (κ2) is 13.4. The number of nitrogens with zero attached hydrogens (tertiary/aromatic N) is 6. The molecule has 2 aliphatic carbocycles. The molecule has 1 N–H and O–H groups in total. The SMILES string of the molecule is O=C([C@H]1CN(C2c3ccc(Cl)cc3CCc3cc(Br)cnc32)CCN1C(=O)NC1CCCCC1)N1CCC[C@H]1Cn1ccnc1. The van der Waals surface area contributed by atoms with E-state index in [0.717, 1.165) is 66.6 Å². The van der Waals surface area contributed by atoms with Gasteiger partial charge in [0.2, 0.25) is 5.91 Å². The van der Waals surface area contributed by atoms with Crippen LogP contribution in [0, 0.1) is 0 Å². The topological polar surface area (TPSA) is 86.6 Å². The monoisotopic (exact) mass is 693 g/mol. The average molecular weight is 695 g/mol. The van der Waals surface area contributed by atoms with Crippen LogP contribution in [-0.2, 0) is 24.2 Å². The van der Waals surface area contributed by atoms with Gasteiger partial charge >= 0.3 is 6.03 Å². The number of pyridine rings is 1. The summed E-state index contributed by atoms with van der Waals surface area (Å²) in [5, 5.41) is 4.04. The van der Waals surface area contributed by atoms with Crippen LogP contribution in [0.25, 0.3) is 0 Å². The van der Waals surface area contributed by atoms with Crippen LogP contribution in [0.4, 0.5) is 4.79 Å². The number of imidazole rings is 1. The molecule has 1 aromatic carbocycles. The molecule has 3 atom stereocenters. The van der Waals surface area contributed by atoms with Crippen LogP contribution in [0.15, 0.2) is 53.7 Å². The zero-order valence-electron chi connectivity index (χ0n) is 25.6. The quantitative estimate of drug-likeness (QED) is 0.376. The number of halogens is 2. The van der Waals surface area contributed by atoms with E-state index in [1.54, 1.807) is 6.20 Å². The number of likely N-dealkylation sites (tertiary alicyclic amines) is 1. The van der Waals surface area contributed by atoms with Gasteiger partial charge in [0.15, 0.2) is 0 Å². The van der Waals surface area contributed by atoms with Gasteiger partial charge in [-0.25, -0.2) is 9.78 Å². The van der Waals surface area contributed by atoms with E-state index in [0.29, 0.717) is 32.7 Å². The number of piperazine rings is 1. The second-order valence-corrected chi connectivity index (χ2v) is 14.4. The maximum absolute atomic E-state index is 14.6. The highest BCUT2D eigenvalue weighted by atomic mass is 79.9. The van der Waals surface area contributed by atoms with E-state index < -0.39 is 6.04 Å². The summed E-state index contributed by atoms with van der Waals surface area (Å²) in [7, 11) is 0. The molecule has 2 saturated heterocycles. The third kappa shape index (κ3) is 6.51. The summed E-state index contributed by atoms with van der Waals surface area (Å²) in [6.45, 7) is 2.97. The van der Waals surface area contributed by atoms with Gasteiger partial charge in [-0.05, 0) is 89.3 Å². The van der Waals surface area contributed by atoms with Crippen molar-refractivity contribution in [2.24, 2.45) is 0 Å². The molecule has 1 unspecified atom stereocenters. The fourth-order valence-electron chi connectivity index (χ4n) is 7.92. The smallest absolute Gasteiger partial charge is 0.318 e. The number of amides is 3. The number of hydrogen-bond donors (Lipinski definition) is 1. The van der Waals surface area contributed by atoms with Crippen molar-refractivity contribution in [2.45, 2.75) is 88.5 Å². The van der Waals surface area contributed by atoms with Crippen molar-refractivity contribution in [2.75, 3.05) is 26.2 Å². The summed E-state index contributed by atoms with van der Waals surface area (Å²) in [4.78, 5) is 44.0. The molecule has 9 nitrogen and oxygen atoms in total. The molecule has 0 bridgehead atoms. The molecule has 45 heavy (non-hydrogen) atoms. The van der Waals surface area contributed by atoms with Crippen LogP contribution in [0.5, 0.6) is 0 Å². The zero-order chi connectivity index (χ0) is 30.9. The van der Waals surface area contributed by atoms with Gasteiger partial charge in [0, 0.05) is 72.9 Å². The molecular weight excluding hydrogens is 654 g/mol. The summed E-state index contributed by atoms with van der Waals surface area (Å²) >= 11 is 10.1. The Balaban J connectivity index is 1.21. The number of hydrogen-bond acceptors (Lipinski definition) is 5. The second-order valence-electron chi connectivity index (χ2n) is 13.0. The van der Waals surface area contributed by atoms with Crippen LogP contribution in [0.2, 0.25) is 5.02 Å². The minimum absolute atomic E-state index is 0.0371. The third-order valence-corrected chi connectivity index (χ3v) is 10.9. The number of aryl methyl sites for hydroxylation is 2. The van der Waals surface area contributed by atoms with Crippen molar-refractivity contribution < 1.29 is 9.59 Å². The molecule has 0 spiro atoms. The first-order chi connectivity index (χ1) is 21.9. The van der Waals surface area contributed by atoms with Gasteiger partial charge in [0.1, 0.15) is 6.04 Å². The Morgan fingerprint density at radius 1 is 0.978 bits per heavy atom. The highest BCUT2D eigenvalue weighted by Gasteiger charge is 2.44. The lowest BCUT2D eigenvalue weighted by atomic mass is 9.94. The Kier molecular flexibility index (Phi) is 9.15. The van der Waals surface area contributed by atoms with E-state index in [4.69, 9.17) is 16.6 Å². The predicted molar refractivity (Wildman–Crippen MR) is 177 cm³/mol. The van der Waals surface area contributed by atoms with E-state index in [1.165, 1.54) is 23.1 Å². The summed E-state index contributed by atoms with van der Waals surface area (Å²) in [5.41, 5.74) is 4.60.